The minimum absolute atomic E-state index is 0.403. The van der Waals surface area contributed by atoms with Crippen LogP contribution >= 0.6 is 0 Å². The number of hydrogen-bond donors (Lipinski definition) is 1. The molecule has 1 heteroatoms. The molecule has 1 aliphatic carbocycles. The first-order chi connectivity index (χ1) is 7.39. The van der Waals surface area contributed by atoms with E-state index in [0.29, 0.717) is 5.92 Å². The maximum Gasteiger partial charge on any atom is 0.0623 e. The summed E-state index contributed by atoms with van der Waals surface area (Å²) in [6.07, 6.45) is 3.27. The van der Waals surface area contributed by atoms with Gasteiger partial charge in [0.05, 0.1) is 5.60 Å². The van der Waals surface area contributed by atoms with Gasteiger partial charge in [0.1, 0.15) is 0 Å². The van der Waals surface area contributed by atoms with E-state index in [-0.39, 0.29) is 0 Å². The summed E-state index contributed by atoms with van der Waals surface area (Å²) in [5, 5.41) is 10.1. The van der Waals surface area contributed by atoms with Crippen LogP contribution in [0.15, 0.2) is 12.1 Å². The maximum atomic E-state index is 10.1. The minimum Gasteiger partial charge on any atom is -0.390 e. The van der Waals surface area contributed by atoms with Gasteiger partial charge in [-0.2, -0.15) is 0 Å². The van der Waals surface area contributed by atoms with Crippen LogP contribution in [0.2, 0.25) is 0 Å². The molecular formula is C15H22O. The van der Waals surface area contributed by atoms with Crippen molar-refractivity contribution in [2.75, 3.05) is 0 Å². The Labute approximate surface area is 98.5 Å². The van der Waals surface area contributed by atoms with Gasteiger partial charge in [-0.3, -0.25) is 0 Å². The molecule has 0 amide bonds. The van der Waals surface area contributed by atoms with Crippen molar-refractivity contribution >= 4 is 0 Å². The van der Waals surface area contributed by atoms with Gasteiger partial charge in [-0.1, -0.05) is 12.1 Å². The van der Waals surface area contributed by atoms with Crippen molar-refractivity contribution in [3.05, 3.63) is 34.4 Å². The van der Waals surface area contributed by atoms with Crippen molar-refractivity contribution in [3.63, 3.8) is 0 Å². The van der Waals surface area contributed by atoms with E-state index >= 15 is 0 Å². The Bertz CT molecular complexity index is 399. The summed E-state index contributed by atoms with van der Waals surface area (Å²) in [7, 11) is 0. The summed E-state index contributed by atoms with van der Waals surface area (Å²) in [6.45, 7) is 8.26. The van der Waals surface area contributed by atoms with Crippen molar-refractivity contribution in [2.24, 2.45) is 5.92 Å². The van der Waals surface area contributed by atoms with E-state index in [9.17, 15) is 5.11 Å². The second-order valence-electron chi connectivity index (χ2n) is 5.75. The molecule has 1 aliphatic rings. The molecule has 0 heterocycles. The number of aliphatic hydroxyl groups is 1. The van der Waals surface area contributed by atoms with Gasteiger partial charge in [0.2, 0.25) is 0 Å². The summed E-state index contributed by atoms with van der Waals surface area (Å²) in [5.74, 6) is 0.403. The van der Waals surface area contributed by atoms with Crippen molar-refractivity contribution < 1.29 is 5.11 Å². The molecule has 1 unspecified atom stereocenters. The van der Waals surface area contributed by atoms with E-state index in [4.69, 9.17) is 0 Å². The monoisotopic (exact) mass is 218 g/mol. The molecule has 88 valence electrons. The van der Waals surface area contributed by atoms with Crippen molar-refractivity contribution in [2.45, 2.75) is 52.6 Å². The van der Waals surface area contributed by atoms with Crippen molar-refractivity contribution in [3.8, 4) is 0 Å². The van der Waals surface area contributed by atoms with Crippen molar-refractivity contribution in [1.29, 1.82) is 0 Å². The molecule has 1 nitrogen and oxygen atoms in total. The molecule has 2 rings (SSSR count). The topological polar surface area (TPSA) is 20.2 Å². The third kappa shape index (κ3) is 2.01. The summed E-state index contributed by atoms with van der Waals surface area (Å²) in [4.78, 5) is 0. The molecule has 16 heavy (non-hydrogen) atoms. The Balaban J connectivity index is 2.37. The average Bonchev–Trinajstić information content (AvgIpc) is 2.22. The molecule has 0 aromatic heterocycles. The zero-order valence-electron chi connectivity index (χ0n) is 10.8. The number of fused-ring (bicyclic) bond motifs is 1. The third-order valence-corrected chi connectivity index (χ3v) is 4.09. The molecule has 0 bridgehead atoms. The fourth-order valence-corrected chi connectivity index (χ4v) is 2.83. The lowest BCUT2D eigenvalue weighted by molar-refractivity contribution is 0.0109. The standard InChI is InChI=1S/C15H22O/c1-10-5-6-11(2)14-9-12(15(3,4)16)7-8-13(10)14/h5-6,12,16H,7-9H2,1-4H3. The van der Waals surface area contributed by atoms with Gasteiger partial charge < -0.3 is 5.11 Å². The summed E-state index contributed by atoms with van der Waals surface area (Å²) >= 11 is 0. The van der Waals surface area contributed by atoms with Gasteiger partial charge in [0, 0.05) is 0 Å². The van der Waals surface area contributed by atoms with Crippen LogP contribution in [0, 0.1) is 19.8 Å². The van der Waals surface area contributed by atoms with Gasteiger partial charge in [-0.25, -0.2) is 0 Å². The second-order valence-corrected chi connectivity index (χ2v) is 5.75. The predicted octanol–water partition coefficient (Wildman–Crippen LogP) is 3.18. The van der Waals surface area contributed by atoms with Gasteiger partial charge >= 0.3 is 0 Å². The highest BCUT2D eigenvalue weighted by molar-refractivity contribution is 5.42. The zero-order chi connectivity index (χ0) is 11.9. The van der Waals surface area contributed by atoms with Crippen LogP contribution in [0.1, 0.15) is 42.5 Å². The van der Waals surface area contributed by atoms with Crippen molar-refractivity contribution in [1.82, 2.24) is 0 Å². The van der Waals surface area contributed by atoms with Crippen LogP contribution in [0.3, 0.4) is 0 Å². The highest BCUT2D eigenvalue weighted by Gasteiger charge is 2.31. The first kappa shape index (κ1) is 11.7. The summed E-state index contributed by atoms with van der Waals surface area (Å²) < 4.78 is 0. The third-order valence-electron chi connectivity index (χ3n) is 4.09. The number of benzene rings is 1. The van der Waals surface area contributed by atoms with Gasteiger partial charge in [-0.15, -0.1) is 0 Å². The summed E-state index contributed by atoms with van der Waals surface area (Å²) in [5.41, 5.74) is 5.26. The molecule has 0 radical (unpaired) electrons. The zero-order valence-corrected chi connectivity index (χ0v) is 10.8. The quantitative estimate of drug-likeness (QED) is 0.767. The number of aryl methyl sites for hydroxylation is 2. The van der Waals surface area contributed by atoms with Crippen LogP contribution < -0.4 is 0 Å². The molecule has 0 saturated carbocycles. The van der Waals surface area contributed by atoms with E-state index in [2.05, 4.69) is 26.0 Å². The molecule has 1 aromatic carbocycles. The highest BCUT2D eigenvalue weighted by Crippen LogP contribution is 2.35. The molecular weight excluding hydrogens is 196 g/mol. The smallest absolute Gasteiger partial charge is 0.0623 e. The molecule has 0 spiro atoms. The predicted molar refractivity (Wildman–Crippen MR) is 67.7 cm³/mol. The maximum absolute atomic E-state index is 10.1. The Kier molecular flexibility index (Phi) is 2.83. The lowest BCUT2D eigenvalue weighted by Gasteiger charge is -2.35. The number of hydrogen-bond acceptors (Lipinski definition) is 1. The van der Waals surface area contributed by atoms with Crippen LogP contribution in [0.4, 0.5) is 0 Å². The van der Waals surface area contributed by atoms with E-state index < -0.39 is 5.60 Å². The van der Waals surface area contributed by atoms with Gasteiger partial charge in [-0.05, 0) is 75.1 Å². The number of rotatable bonds is 1. The average molecular weight is 218 g/mol. The van der Waals surface area contributed by atoms with Crippen LogP contribution in [0.25, 0.3) is 0 Å². The molecule has 1 atom stereocenters. The van der Waals surface area contributed by atoms with Crippen LogP contribution in [-0.4, -0.2) is 10.7 Å². The highest BCUT2D eigenvalue weighted by atomic mass is 16.3. The van der Waals surface area contributed by atoms with E-state index in [1.807, 2.05) is 13.8 Å². The first-order valence-electron chi connectivity index (χ1n) is 6.20. The molecule has 0 aliphatic heterocycles. The fourth-order valence-electron chi connectivity index (χ4n) is 2.83. The fraction of sp³-hybridized carbons (Fsp3) is 0.600. The second kappa shape index (κ2) is 3.89. The molecule has 0 fully saturated rings. The van der Waals surface area contributed by atoms with E-state index in [0.717, 1.165) is 19.3 Å². The van der Waals surface area contributed by atoms with Gasteiger partial charge in [0.15, 0.2) is 0 Å². The SMILES string of the molecule is Cc1ccc(C)c2c1CCC(C(C)(C)O)C2. The largest absolute Gasteiger partial charge is 0.390 e. The van der Waals surface area contributed by atoms with Crippen LogP contribution in [0.5, 0.6) is 0 Å². The van der Waals surface area contributed by atoms with E-state index in [1.54, 1.807) is 0 Å². The Morgan fingerprint density at radius 3 is 2.25 bits per heavy atom. The Morgan fingerprint density at radius 1 is 1.12 bits per heavy atom. The van der Waals surface area contributed by atoms with E-state index in [1.165, 1.54) is 22.3 Å². The Morgan fingerprint density at radius 2 is 1.69 bits per heavy atom. The minimum atomic E-state index is -0.548. The van der Waals surface area contributed by atoms with Crippen LogP contribution in [-0.2, 0) is 12.8 Å². The molecule has 1 N–H and O–H groups in total. The van der Waals surface area contributed by atoms with Gasteiger partial charge in [0.25, 0.3) is 0 Å². The molecule has 1 aromatic rings. The Hall–Kier alpha value is -0.820. The normalized spacial score (nSPS) is 20.7. The first-order valence-corrected chi connectivity index (χ1v) is 6.20. The lowest BCUT2D eigenvalue weighted by atomic mass is 9.74. The lowest BCUT2D eigenvalue weighted by Crippen LogP contribution is -2.35. The summed E-state index contributed by atoms with van der Waals surface area (Å²) in [6, 6.07) is 4.43. The molecule has 0 saturated heterocycles.